The van der Waals surface area contributed by atoms with E-state index in [4.69, 9.17) is 4.74 Å². The van der Waals surface area contributed by atoms with Crippen LogP contribution in [0.3, 0.4) is 0 Å². The zero-order chi connectivity index (χ0) is 11.1. The molecule has 2 unspecified atom stereocenters. The Morgan fingerprint density at radius 1 is 1.25 bits per heavy atom. The fourth-order valence-electron chi connectivity index (χ4n) is 1.16. The van der Waals surface area contributed by atoms with Crippen LogP contribution in [0.5, 0.6) is 5.75 Å². The molecule has 3 heteroatoms. The quantitative estimate of drug-likeness (QED) is 0.755. The van der Waals surface area contributed by atoms with E-state index < -0.39 is 0 Å². The Kier molecular flexibility index (Phi) is 8.60. The van der Waals surface area contributed by atoms with Gasteiger partial charge in [-0.1, -0.05) is 25.1 Å². The largest absolute Gasteiger partial charge is 2.00 e. The second-order valence-corrected chi connectivity index (χ2v) is 3.80. The van der Waals surface area contributed by atoms with E-state index in [9.17, 15) is 0 Å². The van der Waals surface area contributed by atoms with Crippen molar-refractivity contribution < 1.29 is 25.8 Å². The fourth-order valence-corrected chi connectivity index (χ4v) is 1.16. The second-order valence-electron chi connectivity index (χ2n) is 3.80. The van der Waals surface area contributed by atoms with Crippen molar-refractivity contribution in [3.05, 3.63) is 44.2 Å². The van der Waals surface area contributed by atoms with Crippen LogP contribution in [0.15, 0.2) is 30.3 Å². The summed E-state index contributed by atoms with van der Waals surface area (Å²) < 4.78 is 5.58. The predicted molar refractivity (Wildman–Crippen MR) is 63.6 cm³/mol. The average molecular weight is 389 g/mol. The first kappa shape index (κ1) is 15.7. The summed E-state index contributed by atoms with van der Waals surface area (Å²) in [6.45, 7) is 11.3. The molecule has 0 radical (unpaired) electrons. The third kappa shape index (κ3) is 7.03. The number of hydrogen-bond acceptors (Lipinski definition) is 2. The van der Waals surface area contributed by atoms with E-state index in [0.717, 1.165) is 12.3 Å². The minimum atomic E-state index is 0. The number of para-hydroxylation sites is 1. The number of ether oxygens (including phenoxy) is 1. The van der Waals surface area contributed by atoms with Crippen molar-refractivity contribution in [1.29, 1.82) is 0 Å². The van der Waals surface area contributed by atoms with Crippen LogP contribution in [0.2, 0.25) is 0 Å². The summed E-state index contributed by atoms with van der Waals surface area (Å²) in [5.41, 5.74) is 0. The van der Waals surface area contributed by atoms with Crippen LogP contribution in [-0.2, 0) is 21.1 Å². The average Bonchev–Trinajstić information content (AvgIpc) is 2.25. The molecule has 0 aliphatic rings. The zero-order valence-electron chi connectivity index (χ0n) is 9.69. The van der Waals surface area contributed by atoms with E-state index in [1.165, 1.54) is 0 Å². The van der Waals surface area contributed by atoms with Gasteiger partial charge in [-0.05, 0) is 18.7 Å². The third-order valence-electron chi connectivity index (χ3n) is 1.98. The molecule has 0 spiro atoms. The first-order chi connectivity index (χ1) is 7.18. The summed E-state index contributed by atoms with van der Waals surface area (Å²) in [5.74, 6) is 1.14. The standard InChI is InChI=1S/C13H19NO.W/c1-11(2)14-9-12(3)10-15-13-7-5-4-6-8-13;/h4-8,11-12,14H,1,3,9-10H2,2H3;/q-2;+2. The van der Waals surface area contributed by atoms with Crippen molar-refractivity contribution in [3.63, 3.8) is 0 Å². The van der Waals surface area contributed by atoms with Gasteiger partial charge in [0.05, 0.1) is 6.61 Å². The molecule has 0 aliphatic carbocycles. The molecular weight excluding hydrogens is 370 g/mol. The maximum absolute atomic E-state index is 5.58. The molecule has 1 aromatic rings. The number of nitrogens with one attached hydrogen (secondary N) is 1. The predicted octanol–water partition coefficient (Wildman–Crippen LogP) is 2.33. The van der Waals surface area contributed by atoms with Crippen LogP contribution in [0.25, 0.3) is 0 Å². The first-order valence-electron chi connectivity index (χ1n) is 5.26. The molecule has 0 saturated carbocycles. The topological polar surface area (TPSA) is 21.3 Å². The van der Waals surface area contributed by atoms with Crippen molar-refractivity contribution >= 4 is 0 Å². The Labute approximate surface area is 113 Å². The Morgan fingerprint density at radius 2 is 1.88 bits per heavy atom. The van der Waals surface area contributed by atoms with Gasteiger partial charge in [0.25, 0.3) is 0 Å². The van der Waals surface area contributed by atoms with E-state index in [1.54, 1.807) is 0 Å². The van der Waals surface area contributed by atoms with Gasteiger partial charge in [0.1, 0.15) is 5.75 Å². The van der Waals surface area contributed by atoms with Crippen molar-refractivity contribution in [2.45, 2.75) is 13.0 Å². The van der Waals surface area contributed by atoms with Gasteiger partial charge in [-0.3, -0.25) is 0 Å². The van der Waals surface area contributed by atoms with Crippen LogP contribution in [0, 0.1) is 19.8 Å². The normalized spacial score (nSPS) is 13.7. The molecule has 1 aromatic carbocycles. The third-order valence-corrected chi connectivity index (χ3v) is 1.98. The molecule has 0 aliphatic heterocycles. The van der Waals surface area contributed by atoms with E-state index in [0.29, 0.717) is 6.61 Å². The molecule has 0 bridgehead atoms. The van der Waals surface area contributed by atoms with Crippen LogP contribution in [0.4, 0.5) is 0 Å². The van der Waals surface area contributed by atoms with Crippen molar-refractivity contribution in [2.24, 2.45) is 5.92 Å². The van der Waals surface area contributed by atoms with Crippen LogP contribution in [-0.4, -0.2) is 19.2 Å². The summed E-state index contributed by atoms with van der Waals surface area (Å²) in [6, 6.07) is 10.0. The van der Waals surface area contributed by atoms with Crippen molar-refractivity contribution in [3.8, 4) is 5.75 Å². The molecule has 16 heavy (non-hydrogen) atoms. The van der Waals surface area contributed by atoms with E-state index >= 15 is 0 Å². The molecule has 2 nitrogen and oxygen atoms in total. The van der Waals surface area contributed by atoms with Gasteiger partial charge in [-0.15, -0.1) is 12.0 Å². The Bertz CT molecular complexity index is 264. The monoisotopic (exact) mass is 389 g/mol. The smallest absolute Gasteiger partial charge is 0.496 e. The second kappa shape index (κ2) is 8.78. The Balaban J connectivity index is 0.00000225. The van der Waals surface area contributed by atoms with Crippen LogP contribution in [0.1, 0.15) is 6.92 Å². The van der Waals surface area contributed by atoms with Crippen LogP contribution >= 0.6 is 0 Å². The van der Waals surface area contributed by atoms with Crippen LogP contribution < -0.4 is 10.1 Å². The molecule has 2 atom stereocenters. The SMILES string of the molecule is [CH2-]C(CNC([CH2-])C)COc1ccccc1.[W+2]. The minimum Gasteiger partial charge on any atom is -0.496 e. The van der Waals surface area contributed by atoms with Gasteiger partial charge in [-0.2, -0.15) is 0 Å². The summed E-state index contributed by atoms with van der Waals surface area (Å²) in [4.78, 5) is 0. The van der Waals surface area contributed by atoms with E-state index in [-0.39, 0.29) is 33.0 Å². The molecule has 1 rings (SSSR count). The summed E-state index contributed by atoms with van der Waals surface area (Å²) >= 11 is 0. The molecule has 0 heterocycles. The summed E-state index contributed by atoms with van der Waals surface area (Å²) in [7, 11) is 0. The van der Waals surface area contributed by atoms with Gasteiger partial charge in [0, 0.05) is 0 Å². The molecule has 0 saturated heterocycles. The maximum atomic E-state index is 5.58. The molecule has 1 N–H and O–H groups in total. The fraction of sp³-hybridized carbons (Fsp3) is 0.385. The number of benzene rings is 1. The number of hydrogen-bond donors (Lipinski definition) is 1. The Hall–Kier alpha value is -0.332. The van der Waals surface area contributed by atoms with E-state index in [1.807, 2.05) is 37.3 Å². The Morgan fingerprint density at radius 3 is 2.44 bits per heavy atom. The number of rotatable bonds is 6. The minimum absolute atomic E-state index is 0. The van der Waals surface area contributed by atoms with Gasteiger partial charge in [0.2, 0.25) is 0 Å². The molecule has 0 amide bonds. The van der Waals surface area contributed by atoms with Crippen molar-refractivity contribution in [1.82, 2.24) is 5.32 Å². The molecule has 0 fully saturated rings. The van der Waals surface area contributed by atoms with Gasteiger partial charge in [-0.25, -0.2) is 0 Å². The van der Waals surface area contributed by atoms with E-state index in [2.05, 4.69) is 19.2 Å². The molecule has 88 valence electrons. The van der Waals surface area contributed by atoms with Crippen molar-refractivity contribution in [2.75, 3.05) is 13.2 Å². The van der Waals surface area contributed by atoms with Gasteiger partial charge >= 0.3 is 21.1 Å². The van der Waals surface area contributed by atoms with Gasteiger partial charge < -0.3 is 23.9 Å². The van der Waals surface area contributed by atoms with Gasteiger partial charge in [0.15, 0.2) is 0 Å². The summed E-state index contributed by atoms with van der Waals surface area (Å²) in [6.07, 6.45) is 0. The molecular formula is C13H19NOW. The molecule has 0 aromatic heterocycles. The summed E-state index contributed by atoms with van der Waals surface area (Å²) in [5, 5.41) is 3.23. The first-order valence-corrected chi connectivity index (χ1v) is 5.26. The maximum Gasteiger partial charge on any atom is 2.00 e. The zero-order valence-corrected chi connectivity index (χ0v) is 12.6.